The summed E-state index contributed by atoms with van der Waals surface area (Å²) in [5, 5.41) is 9.05. The third kappa shape index (κ3) is 3.50. The molecule has 0 unspecified atom stereocenters. The van der Waals surface area contributed by atoms with Crippen LogP contribution in [0.15, 0.2) is 46.9 Å². The summed E-state index contributed by atoms with van der Waals surface area (Å²) in [6.07, 6.45) is 0. The topological polar surface area (TPSA) is 44.1 Å². The summed E-state index contributed by atoms with van der Waals surface area (Å²) < 4.78 is 1.03. The van der Waals surface area contributed by atoms with Gasteiger partial charge in [0.2, 0.25) is 0 Å². The predicted molar refractivity (Wildman–Crippen MR) is 87.4 cm³/mol. The van der Waals surface area contributed by atoms with Crippen LogP contribution in [0.3, 0.4) is 0 Å². The Labute approximate surface area is 132 Å². The fourth-order valence-electron chi connectivity index (χ4n) is 2.18. The van der Waals surface area contributed by atoms with Crippen molar-refractivity contribution in [1.82, 2.24) is 0 Å². The lowest BCUT2D eigenvalue weighted by Crippen LogP contribution is -2.19. The molecule has 2 aromatic rings. The molecule has 0 amide bonds. The molecular formula is C17H15BrN2O. The van der Waals surface area contributed by atoms with Crippen LogP contribution in [0.5, 0.6) is 0 Å². The minimum atomic E-state index is -0.00605. The smallest absolute Gasteiger partial charge is 0.161 e. The van der Waals surface area contributed by atoms with E-state index in [-0.39, 0.29) is 5.78 Å². The SMILES string of the molecule is CC(=O)c1ccc(C#N)cc1N(C)Cc1ccccc1Br. The Hall–Kier alpha value is -2.12. The Kier molecular flexibility index (Phi) is 4.77. The molecule has 3 nitrogen and oxygen atoms in total. The molecular weight excluding hydrogens is 328 g/mol. The first kappa shape index (κ1) is 15.3. The molecule has 0 fully saturated rings. The van der Waals surface area contributed by atoms with E-state index in [4.69, 9.17) is 5.26 Å². The first-order valence-electron chi connectivity index (χ1n) is 6.52. The standard InChI is InChI=1S/C17H15BrN2O/c1-12(21)15-8-7-13(10-19)9-17(15)20(2)11-14-5-3-4-6-16(14)18/h3-9H,11H2,1-2H3. The molecule has 2 rings (SSSR count). The van der Waals surface area contributed by atoms with Crippen molar-refractivity contribution in [2.45, 2.75) is 13.5 Å². The zero-order valence-electron chi connectivity index (χ0n) is 11.9. The molecule has 0 aliphatic carbocycles. The average molecular weight is 343 g/mol. The molecule has 0 aliphatic rings. The van der Waals surface area contributed by atoms with Crippen molar-refractivity contribution < 1.29 is 4.79 Å². The van der Waals surface area contributed by atoms with Gasteiger partial charge >= 0.3 is 0 Å². The zero-order valence-corrected chi connectivity index (χ0v) is 13.5. The number of nitrogens with zero attached hydrogens (tertiary/aromatic N) is 2. The van der Waals surface area contributed by atoms with Crippen molar-refractivity contribution in [2.24, 2.45) is 0 Å². The normalized spacial score (nSPS) is 10.0. The van der Waals surface area contributed by atoms with E-state index < -0.39 is 0 Å². The fourth-order valence-corrected chi connectivity index (χ4v) is 2.59. The Bertz CT molecular complexity index is 719. The molecule has 0 N–H and O–H groups in total. The second-order valence-electron chi connectivity index (χ2n) is 4.85. The van der Waals surface area contributed by atoms with Crippen molar-refractivity contribution in [3.05, 3.63) is 63.6 Å². The van der Waals surface area contributed by atoms with Gasteiger partial charge in [0.05, 0.1) is 11.6 Å². The Morgan fingerprint density at radius 2 is 2.00 bits per heavy atom. The monoisotopic (exact) mass is 342 g/mol. The summed E-state index contributed by atoms with van der Waals surface area (Å²) in [7, 11) is 1.92. The van der Waals surface area contributed by atoms with Crippen LogP contribution in [0.4, 0.5) is 5.69 Å². The summed E-state index contributed by atoms with van der Waals surface area (Å²) in [6, 6.07) is 15.2. The number of nitriles is 1. The molecule has 0 heterocycles. The maximum atomic E-state index is 11.8. The molecule has 106 valence electrons. The zero-order chi connectivity index (χ0) is 15.4. The number of rotatable bonds is 4. The van der Waals surface area contributed by atoms with Gasteiger partial charge in [0.1, 0.15) is 0 Å². The fraction of sp³-hybridized carbons (Fsp3) is 0.176. The Morgan fingerprint density at radius 1 is 1.29 bits per heavy atom. The van der Waals surface area contributed by atoms with E-state index in [0.29, 0.717) is 17.7 Å². The van der Waals surface area contributed by atoms with E-state index in [2.05, 4.69) is 22.0 Å². The number of hydrogen-bond donors (Lipinski definition) is 0. The van der Waals surface area contributed by atoms with Gasteiger partial charge in [0, 0.05) is 29.3 Å². The number of halogens is 1. The number of Topliss-reactive ketones (excluding diaryl/α,β-unsaturated/α-hetero) is 1. The number of anilines is 1. The summed E-state index contributed by atoms with van der Waals surface area (Å²) >= 11 is 3.53. The average Bonchev–Trinajstić information content (AvgIpc) is 2.48. The maximum Gasteiger partial charge on any atom is 0.161 e. The molecule has 0 atom stereocenters. The summed E-state index contributed by atoms with van der Waals surface area (Å²) in [4.78, 5) is 13.8. The highest BCUT2D eigenvalue weighted by Gasteiger charge is 2.13. The first-order valence-corrected chi connectivity index (χ1v) is 7.32. The van der Waals surface area contributed by atoms with Gasteiger partial charge in [-0.15, -0.1) is 0 Å². The van der Waals surface area contributed by atoms with Gasteiger partial charge in [-0.25, -0.2) is 0 Å². The van der Waals surface area contributed by atoms with Crippen LogP contribution in [-0.4, -0.2) is 12.8 Å². The van der Waals surface area contributed by atoms with Gasteiger partial charge in [-0.3, -0.25) is 4.79 Å². The van der Waals surface area contributed by atoms with Crippen LogP contribution < -0.4 is 4.90 Å². The molecule has 0 bridgehead atoms. The highest BCUT2D eigenvalue weighted by atomic mass is 79.9. The van der Waals surface area contributed by atoms with Gasteiger partial charge in [-0.05, 0) is 36.8 Å². The lowest BCUT2D eigenvalue weighted by atomic mass is 10.0. The molecule has 4 heteroatoms. The van der Waals surface area contributed by atoms with Crippen LogP contribution in [-0.2, 0) is 6.54 Å². The van der Waals surface area contributed by atoms with Crippen LogP contribution in [0.2, 0.25) is 0 Å². The summed E-state index contributed by atoms with van der Waals surface area (Å²) in [5.74, 6) is -0.00605. The van der Waals surface area contributed by atoms with Gasteiger partial charge in [0.25, 0.3) is 0 Å². The molecule has 21 heavy (non-hydrogen) atoms. The van der Waals surface area contributed by atoms with Gasteiger partial charge < -0.3 is 4.90 Å². The largest absolute Gasteiger partial charge is 0.370 e. The first-order chi connectivity index (χ1) is 10.0. The highest BCUT2D eigenvalue weighted by Crippen LogP contribution is 2.25. The van der Waals surface area contributed by atoms with Crippen molar-refractivity contribution >= 4 is 27.4 Å². The minimum Gasteiger partial charge on any atom is -0.370 e. The lowest BCUT2D eigenvalue weighted by Gasteiger charge is -2.22. The second-order valence-corrected chi connectivity index (χ2v) is 5.70. The van der Waals surface area contributed by atoms with Crippen molar-refractivity contribution in [3.8, 4) is 6.07 Å². The molecule has 0 saturated carbocycles. The predicted octanol–water partition coefficient (Wildman–Crippen LogP) is 4.16. The molecule has 0 aliphatic heterocycles. The van der Waals surface area contributed by atoms with Gasteiger partial charge in [0.15, 0.2) is 5.78 Å². The molecule has 0 saturated heterocycles. The van der Waals surface area contributed by atoms with E-state index in [0.717, 1.165) is 15.7 Å². The van der Waals surface area contributed by atoms with E-state index in [1.165, 1.54) is 6.92 Å². The molecule has 2 aromatic carbocycles. The van der Waals surface area contributed by atoms with Gasteiger partial charge in [-0.1, -0.05) is 34.1 Å². The van der Waals surface area contributed by atoms with E-state index in [1.54, 1.807) is 18.2 Å². The van der Waals surface area contributed by atoms with E-state index in [1.807, 2.05) is 36.2 Å². The van der Waals surface area contributed by atoms with Crippen LogP contribution in [0.1, 0.15) is 28.4 Å². The van der Waals surface area contributed by atoms with Crippen molar-refractivity contribution in [2.75, 3.05) is 11.9 Å². The molecule has 0 radical (unpaired) electrons. The number of ketones is 1. The number of carbonyl (C=O) groups excluding carboxylic acids is 1. The number of carbonyl (C=O) groups is 1. The second kappa shape index (κ2) is 6.55. The van der Waals surface area contributed by atoms with E-state index in [9.17, 15) is 4.79 Å². The minimum absolute atomic E-state index is 0.00605. The third-order valence-electron chi connectivity index (χ3n) is 3.28. The lowest BCUT2D eigenvalue weighted by molar-refractivity contribution is 0.101. The third-order valence-corrected chi connectivity index (χ3v) is 4.06. The number of hydrogen-bond acceptors (Lipinski definition) is 3. The van der Waals surface area contributed by atoms with Crippen molar-refractivity contribution in [3.63, 3.8) is 0 Å². The van der Waals surface area contributed by atoms with Crippen LogP contribution in [0, 0.1) is 11.3 Å². The molecule has 0 spiro atoms. The Morgan fingerprint density at radius 3 is 2.62 bits per heavy atom. The van der Waals surface area contributed by atoms with Crippen LogP contribution in [0.25, 0.3) is 0 Å². The maximum absolute atomic E-state index is 11.8. The van der Waals surface area contributed by atoms with E-state index >= 15 is 0 Å². The number of benzene rings is 2. The van der Waals surface area contributed by atoms with Crippen LogP contribution >= 0.6 is 15.9 Å². The highest BCUT2D eigenvalue weighted by molar-refractivity contribution is 9.10. The van der Waals surface area contributed by atoms with Gasteiger partial charge in [-0.2, -0.15) is 5.26 Å². The quantitative estimate of drug-likeness (QED) is 0.783. The Balaban J connectivity index is 2.38. The summed E-state index contributed by atoms with van der Waals surface area (Å²) in [6.45, 7) is 2.19. The summed E-state index contributed by atoms with van der Waals surface area (Å²) in [5.41, 5.74) is 3.08. The molecule has 0 aromatic heterocycles. The van der Waals surface area contributed by atoms with Crippen molar-refractivity contribution in [1.29, 1.82) is 5.26 Å².